The van der Waals surface area contributed by atoms with Crippen molar-refractivity contribution in [2.75, 3.05) is 12.3 Å². The van der Waals surface area contributed by atoms with Crippen LogP contribution in [0.15, 0.2) is 29.4 Å². The van der Waals surface area contributed by atoms with E-state index in [1.807, 2.05) is 18.2 Å². The van der Waals surface area contributed by atoms with Crippen molar-refractivity contribution < 1.29 is 0 Å². The molecule has 0 bridgehead atoms. The standard InChI is InChI=1S/C14H21N3S/c1-3-11(4-2)15-9-10-18-14-16-12-7-5-6-8-13(12)17-14/h5-8,11,15H,3-4,9-10H2,1-2H3,(H,16,17). The van der Waals surface area contributed by atoms with Crippen LogP contribution in [0.4, 0.5) is 0 Å². The number of hydrogen-bond donors (Lipinski definition) is 2. The molecule has 0 atom stereocenters. The van der Waals surface area contributed by atoms with Crippen molar-refractivity contribution in [1.29, 1.82) is 0 Å². The summed E-state index contributed by atoms with van der Waals surface area (Å²) >= 11 is 1.78. The van der Waals surface area contributed by atoms with E-state index in [0.29, 0.717) is 6.04 Å². The summed E-state index contributed by atoms with van der Waals surface area (Å²) in [6, 6.07) is 8.81. The zero-order valence-corrected chi connectivity index (χ0v) is 11.9. The number of aromatic nitrogens is 2. The van der Waals surface area contributed by atoms with Gasteiger partial charge in [-0.25, -0.2) is 4.98 Å². The largest absolute Gasteiger partial charge is 0.333 e. The molecule has 2 rings (SSSR count). The van der Waals surface area contributed by atoms with Crippen LogP contribution >= 0.6 is 11.8 Å². The fourth-order valence-electron chi connectivity index (χ4n) is 1.99. The minimum Gasteiger partial charge on any atom is -0.333 e. The molecular weight excluding hydrogens is 242 g/mol. The molecule has 0 aliphatic rings. The Kier molecular flexibility index (Phi) is 5.08. The summed E-state index contributed by atoms with van der Waals surface area (Å²) < 4.78 is 0. The minimum absolute atomic E-state index is 0.654. The maximum absolute atomic E-state index is 4.55. The number of thioether (sulfide) groups is 1. The van der Waals surface area contributed by atoms with Crippen LogP contribution in [-0.2, 0) is 0 Å². The highest BCUT2D eigenvalue weighted by Gasteiger charge is 2.04. The first kappa shape index (κ1) is 13.4. The van der Waals surface area contributed by atoms with Crippen molar-refractivity contribution in [2.45, 2.75) is 37.9 Å². The molecule has 1 aromatic heterocycles. The molecule has 4 heteroatoms. The van der Waals surface area contributed by atoms with E-state index in [4.69, 9.17) is 0 Å². The van der Waals surface area contributed by atoms with Crippen LogP contribution < -0.4 is 5.32 Å². The van der Waals surface area contributed by atoms with Gasteiger partial charge in [-0.2, -0.15) is 0 Å². The molecular formula is C14H21N3S. The van der Waals surface area contributed by atoms with E-state index in [-0.39, 0.29) is 0 Å². The van der Waals surface area contributed by atoms with Crippen LogP contribution in [0, 0.1) is 0 Å². The monoisotopic (exact) mass is 263 g/mol. The number of nitrogens with zero attached hydrogens (tertiary/aromatic N) is 1. The van der Waals surface area contributed by atoms with Gasteiger partial charge in [-0.15, -0.1) is 0 Å². The van der Waals surface area contributed by atoms with Gasteiger partial charge in [-0.05, 0) is 25.0 Å². The van der Waals surface area contributed by atoms with Gasteiger partial charge >= 0.3 is 0 Å². The number of imidazole rings is 1. The molecule has 1 aromatic carbocycles. The number of benzene rings is 1. The van der Waals surface area contributed by atoms with Crippen molar-refractivity contribution in [1.82, 2.24) is 15.3 Å². The molecule has 0 fully saturated rings. The molecule has 0 spiro atoms. The summed E-state index contributed by atoms with van der Waals surface area (Å²) in [7, 11) is 0. The van der Waals surface area contributed by atoms with Crippen molar-refractivity contribution in [3.63, 3.8) is 0 Å². The zero-order valence-electron chi connectivity index (χ0n) is 11.1. The molecule has 3 nitrogen and oxygen atoms in total. The number of para-hydroxylation sites is 2. The first-order chi connectivity index (χ1) is 8.83. The van der Waals surface area contributed by atoms with Crippen molar-refractivity contribution >= 4 is 22.8 Å². The molecule has 0 aliphatic heterocycles. The second kappa shape index (κ2) is 6.81. The number of fused-ring (bicyclic) bond motifs is 1. The Labute approximate surface area is 113 Å². The van der Waals surface area contributed by atoms with Gasteiger partial charge in [0.25, 0.3) is 0 Å². The van der Waals surface area contributed by atoms with E-state index >= 15 is 0 Å². The number of rotatable bonds is 7. The van der Waals surface area contributed by atoms with E-state index in [1.54, 1.807) is 11.8 Å². The number of aromatic amines is 1. The summed E-state index contributed by atoms with van der Waals surface area (Å²) in [4.78, 5) is 7.89. The van der Waals surface area contributed by atoms with Gasteiger partial charge in [0, 0.05) is 18.3 Å². The average Bonchev–Trinajstić information content (AvgIpc) is 2.81. The van der Waals surface area contributed by atoms with Gasteiger partial charge in [0.2, 0.25) is 0 Å². The van der Waals surface area contributed by atoms with Crippen molar-refractivity contribution in [3.05, 3.63) is 24.3 Å². The van der Waals surface area contributed by atoms with Gasteiger partial charge in [0.05, 0.1) is 11.0 Å². The zero-order chi connectivity index (χ0) is 12.8. The Hall–Kier alpha value is -1.00. The molecule has 0 unspecified atom stereocenters. The predicted octanol–water partition coefficient (Wildman–Crippen LogP) is 3.43. The third kappa shape index (κ3) is 3.50. The first-order valence-corrected chi connectivity index (χ1v) is 7.63. The second-order valence-corrected chi connectivity index (χ2v) is 5.46. The normalized spacial score (nSPS) is 11.5. The molecule has 18 heavy (non-hydrogen) atoms. The lowest BCUT2D eigenvalue weighted by molar-refractivity contribution is 0.501. The van der Waals surface area contributed by atoms with Gasteiger partial charge in [-0.1, -0.05) is 37.7 Å². The molecule has 0 amide bonds. The highest BCUT2D eigenvalue weighted by atomic mass is 32.2. The van der Waals surface area contributed by atoms with Crippen LogP contribution in [0.1, 0.15) is 26.7 Å². The SMILES string of the molecule is CCC(CC)NCCSc1nc2ccccc2[nH]1. The highest BCUT2D eigenvalue weighted by molar-refractivity contribution is 7.99. The molecule has 2 N–H and O–H groups in total. The molecule has 0 saturated heterocycles. The number of H-pyrrole nitrogens is 1. The van der Waals surface area contributed by atoms with Crippen molar-refractivity contribution in [2.24, 2.45) is 0 Å². The van der Waals surface area contributed by atoms with Gasteiger partial charge in [0.15, 0.2) is 5.16 Å². The maximum atomic E-state index is 4.55. The van der Waals surface area contributed by atoms with Crippen LogP contribution in [0.2, 0.25) is 0 Å². The molecule has 0 saturated carbocycles. The van der Waals surface area contributed by atoms with Crippen LogP contribution in [-0.4, -0.2) is 28.3 Å². The lowest BCUT2D eigenvalue weighted by Crippen LogP contribution is -2.29. The van der Waals surface area contributed by atoms with E-state index in [2.05, 4.69) is 35.2 Å². The minimum atomic E-state index is 0.654. The number of hydrogen-bond acceptors (Lipinski definition) is 3. The van der Waals surface area contributed by atoms with Crippen LogP contribution in [0.3, 0.4) is 0 Å². The van der Waals surface area contributed by atoms with E-state index in [0.717, 1.165) is 28.5 Å². The smallest absolute Gasteiger partial charge is 0.166 e. The lowest BCUT2D eigenvalue weighted by Gasteiger charge is -2.13. The highest BCUT2D eigenvalue weighted by Crippen LogP contribution is 2.18. The summed E-state index contributed by atoms with van der Waals surface area (Å²) in [5.74, 6) is 1.05. The molecule has 0 radical (unpaired) electrons. The van der Waals surface area contributed by atoms with Gasteiger partial charge in [-0.3, -0.25) is 0 Å². The Morgan fingerprint density at radius 1 is 1.28 bits per heavy atom. The Bertz CT molecular complexity index is 444. The third-order valence-corrected chi connectivity index (χ3v) is 4.00. The molecule has 0 aliphatic carbocycles. The molecule has 1 heterocycles. The topological polar surface area (TPSA) is 40.7 Å². The van der Waals surface area contributed by atoms with Crippen LogP contribution in [0.5, 0.6) is 0 Å². The summed E-state index contributed by atoms with van der Waals surface area (Å²) in [6.07, 6.45) is 2.40. The maximum Gasteiger partial charge on any atom is 0.166 e. The Morgan fingerprint density at radius 2 is 2.06 bits per heavy atom. The van der Waals surface area contributed by atoms with E-state index < -0.39 is 0 Å². The lowest BCUT2D eigenvalue weighted by atomic mass is 10.2. The Balaban J connectivity index is 1.80. The van der Waals surface area contributed by atoms with Crippen LogP contribution in [0.25, 0.3) is 11.0 Å². The second-order valence-electron chi connectivity index (χ2n) is 4.38. The first-order valence-electron chi connectivity index (χ1n) is 6.64. The summed E-state index contributed by atoms with van der Waals surface area (Å²) in [5.41, 5.74) is 2.17. The summed E-state index contributed by atoms with van der Waals surface area (Å²) in [6.45, 7) is 5.50. The summed E-state index contributed by atoms with van der Waals surface area (Å²) in [5, 5.41) is 4.58. The van der Waals surface area contributed by atoms with Gasteiger partial charge < -0.3 is 10.3 Å². The number of nitrogens with one attached hydrogen (secondary N) is 2. The quantitative estimate of drug-likeness (QED) is 0.594. The predicted molar refractivity (Wildman–Crippen MR) is 79.2 cm³/mol. The molecule has 2 aromatic rings. The fraction of sp³-hybridized carbons (Fsp3) is 0.500. The van der Waals surface area contributed by atoms with Gasteiger partial charge in [0.1, 0.15) is 0 Å². The third-order valence-electron chi connectivity index (χ3n) is 3.13. The fourth-order valence-corrected chi connectivity index (χ4v) is 2.74. The molecule has 98 valence electrons. The Morgan fingerprint density at radius 3 is 2.78 bits per heavy atom. The van der Waals surface area contributed by atoms with E-state index in [1.165, 1.54) is 12.8 Å². The van der Waals surface area contributed by atoms with E-state index in [9.17, 15) is 0 Å². The average molecular weight is 263 g/mol. The van der Waals surface area contributed by atoms with Crippen molar-refractivity contribution in [3.8, 4) is 0 Å².